The van der Waals surface area contributed by atoms with Crippen LogP contribution in [0.2, 0.25) is 0 Å². The number of hydrogen-bond donors (Lipinski definition) is 0. The lowest BCUT2D eigenvalue weighted by atomic mass is 10.1. The molecule has 4 rings (SSSR count). The lowest BCUT2D eigenvalue weighted by Gasteiger charge is -2.28. The van der Waals surface area contributed by atoms with E-state index < -0.39 is 0 Å². The molecule has 1 aliphatic heterocycles. The van der Waals surface area contributed by atoms with Crippen molar-refractivity contribution in [2.24, 2.45) is 0 Å². The predicted octanol–water partition coefficient (Wildman–Crippen LogP) is 1.80. The van der Waals surface area contributed by atoms with E-state index in [0.29, 0.717) is 31.2 Å². The van der Waals surface area contributed by atoms with Gasteiger partial charge in [-0.1, -0.05) is 5.16 Å². The van der Waals surface area contributed by atoms with Gasteiger partial charge in [0.15, 0.2) is 0 Å². The third-order valence-electron chi connectivity index (χ3n) is 4.71. The summed E-state index contributed by atoms with van der Waals surface area (Å²) >= 11 is 0. The number of morpholine rings is 1. The van der Waals surface area contributed by atoms with E-state index >= 15 is 0 Å². The van der Waals surface area contributed by atoms with Crippen LogP contribution in [0.15, 0.2) is 39.9 Å². The zero-order valence-corrected chi connectivity index (χ0v) is 15.4. The van der Waals surface area contributed by atoms with Gasteiger partial charge in [0.1, 0.15) is 11.5 Å². The fraction of sp³-hybridized carbons (Fsp3) is 0.368. The van der Waals surface area contributed by atoms with Gasteiger partial charge in [-0.3, -0.25) is 9.78 Å². The van der Waals surface area contributed by atoms with Gasteiger partial charge in [0.2, 0.25) is 0 Å². The highest BCUT2D eigenvalue weighted by molar-refractivity contribution is 5.62. The van der Waals surface area contributed by atoms with Gasteiger partial charge in [-0.25, -0.2) is 4.68 Å². The molecule has 0 saturated carbocycles. The van der Waals surface area contributed by atoms with Gasteiger partial charge in [0.25, 0.3) is 5.56 Å². The molecular formula is C19H21N5O3. The first-order valence-corrected chi connectivity index (χ1v) is 8.90. The average Bonchev–Trinajstić information content (AvgIpc) is 3.05. The number of pyridine rings is 1. The fourth-order valence-electron chi connectivity index (χ4n) is 3.10. The summed E-state index contributed by atoms with van der Waals surface area (Å²) in [5, 5.41) is 8.51. The summed E-state index contributed by atoms with van der Waals surface area (Å²) in [6.45, 7) is 6.91. The average molecular weight is 367 g/mol. The molecule has 0 aromatic carbocycles. The number of aryl methyl sites for hydroxylation is 2. The maximum Gasteiger partial charge on any atom is 0.269 e. The molecule has 27 heavy (non-hydrogen) atoms. The molecular weight excluding hydrogens is 346 g/mol. The van der Waals surface area contributed by atoms with Crippen LogP contribution in [0.25, 0.3) is 11.3 Å². The van der Waals surface area contributed by atoms with Crippen molar-refractivity contribution in [2.75, 3.05) is 31.2 Å². The number of anilines is 1. The van der Waals surface area contributed by atoms with Crippen molar-refractivity contribution in [3.8, 4) is 11.3 Å². The Morgan fingerprint density at radius 2 is 1.96 bits per heavy atom. The van der Waals surface area contributed by atoms with Crippen molar-refractivity contribution in [3.05, 3.63) is 58.0 Å². The topological polar surface area (TPSA) is 86.3 Å². The maximum atomic E-state index is 12.6. The van der Waals surface area contributed by atoms with Crippen LogP contribution in [0.1, 0.15) is 17.0 Å². The maximum absolute atomic E-state index is 12.6. The van der Waals surface area contributed by atoms with Crippen LogP contribution in [0.3, 0.4) is 0 Å². The van der Waals surface area contributed by atoms with Crippen LogP contribution in [-0.2, 0) is 11.3 Å². The van der Waals surface area contributed by atoms with Gasteiger partial charge in [-0.05, 0) is 26.0 Å². The Hall–Kier alpha value is -3.00. The minimum atomic E-state index is -0.160. The second-order valence-corrected chi connectivity index (χ2v) is 6.56. The first kappa shape index (κ1) is 17.4. The lowest BCUT2D eigenvalue weighted by Crippen LogP contribution is -2.37. The molecule has 0 amide bonds. The van der Waals surface area contributed by atoms with E-state index in [1.807, 2.05) is 26.0 Å². The summed E-state index contributed by atoms with van der Waals surface area (Å²) in [5.41, 5.74) is 3.96. The third kappa shape index (κ3) is 3.61. The highest BCUT2D eigenvalue weighted by atomic mass is 16.5. The minimum Gasteiger partial charge on any atom is -0.378 e. The zero-order valence-electron chi connectivity index (χ0n) is 15.4. The van der Waals surface area contributed by atoms with E-state index in [4.69, 9.17) is 9.26 Å². The SMILES string of the molecule is Cc1ccc(-c2noc(C)c2Cn2ncc(N3CCOCC3)cc2=O)cn1. The summed E-state index contributed by atoms with van der Waals surface area (Å²) in [5.74, 6) is 0.663. The molecule has 1 saturated heterocycles. The Balaban J connectivity index is 1.62. The molecule has 1 fully saturated rings. The lowest BCUT2D eigenvalue weighted by molar-refractivity contribution is 0.122. The molecule has 3 aromatic rings. The molecule has 0 atom stereocenters. The summed E-state index contributed by atoms with van der Waals surface area (Å²) in [7, 11) is 0. The highest BCUT2D eigenvalue weighted by Crippen LogP contribution is 2.25. The van der Waals surface area contributed by atoms with Gasteiger partial charge in [-0.2, -0.15) is 5.10 Å². The monoisotopic (exact) mass is 367 g/mol. The second kappa shape index (κ2) is 7.32. The Morgan fingerprint density at radius 3 is 2.67 bits per heavy atom. The van der Waals surface area contributed by atoms with Crippen molar-refractivity contribution < 1.29 is 9.26 Å². The smallest absolute Gasteiger partial charge is 0.269 e. The Morgan fingerprint density at radius 1 is 1.15 bits per heavy atom. The second-order valence-electron chi connectivity index (χ2n) is 6.56. The van der Waals surface area contributed by atoms with E-state index in [1.165, 1.54) is 4.68 Å². The van der Waals surface area contributed by atoms with Crippen molar-refractivity contribution >= 4 is 5.69 Å². The fourth-order valence-corrected chi connectivity index (χ4v) is 3.10. The van der Waals surface area contributed by atoms with E-state index in [9.17, 15) is 4.79 Å². The van der Waals surface area contributed by atoms with Crippen LogP contribution in [0, 0.1) is 13.8 Å². The van der Waals surface area contributed by atoms with Gasteiger partial charge in [0, 0.05) is 42.2 Å². The standard InChI is InChI=1S/C19H21N5O3/c1-13-3-4-15(10-20-13)19-17(14(2)27-22-19)12-24-18(25)9-16(11-21-24)23-5-7-26-8-6-23/h3-4,9-11H,5-8,12H2,1-2H3. The Labute approximate surface area is 156 Å². The van der Waals surface area contributed by atoms with Crippen LogP contribution in [0.5, 0.6) is 0 Å². The summed E-state index contributed by atoms with van der Waals surface area (Å²) in [6, 6.07) is 5.49. The largest absolute Gasteiger partial charge is 0.378 e. The van der Waals surface area contributed by atoms with Crippen molar-refractivity contribution in [3.63, 3.8) is 0 Å². The number of rotatable bonds is 4. The van der Waals surface area contributed by atoms with E-state index in [2.05, 4.69) is 20.1 Å². The zero-order chi connectivity index (χ0) is 18.8. The Kier molecular flexibility index (Phi) is 4.72. The van der Waals surface area contributed by atoms with Crippen LogP contribution >= 0.6 is 0 Å². The predicted molar refractivity (Wildman–Crippen MR) is 99.8 cm³/mol. The number of hydrogen-bond acceptors (Lipinski definition) is 7. The van der Waals surface area contributed by atoms with Gasteiger partial charge < -0.3 is 14.2 Å². The molecule has 3 aromatic heterocycles. The van der Waals surface area contributed by atoms with Crippen molar-refractivity contribution in [2.45, 2.75) is 20.4 Å². The van der Waals surface area contributed by atoms with Crippen LogP contribution in [0.4, 0.5) is 5.69 Å². The molecule has 0 spiro atoms. The minimum absolute atomic E-state index is 0.160. The van der Waals surface area contributed by atoms with Crippen molar-refractivity contribution in [1.82, 2.24) is 19.9 Å². The summed E-state index contributed by atoms with van der Waals surface area (Å²) in [4.78, 5) is 19.0. The quantitative estimate of drug-likeness (QED) is 0.695. The number of aromatic nitrogens is 4. The first-order valence-electron chi connectivity index (χ1n) is 8.90. The van der Waals surface area contributed by atoms with Gasteiger partial charge >= 0.3 is 0 Å². The van der Waals surface area contributed by atoms with Crippen molar-refractivity contribution in [1.29, 1.82) is 0 Å². The van der Waals surface area contributed by atoms with Crippen LogP contribution < -0.4 is 10.5 Å². The highest BCUT2D eigenvalue weighted by Gasteiger charge is 2.18. The molecule has 0 unspecified atom stereocenters. The molecule has 0 N–H and O–H groups in total. The normalized spacial score (nSPS) is 14.5. The molecule has 1 aliphatic rings. The third-order valence-corrected chi connectivity index (χ3v) is 4.71. The molecule has 8 nitrogen and oxygen atoms in total. The van der Waals surface area contributed by atoms with E-state index in [-0.39, 0.29) is 5.56 Å². The van der Waals surface area contributed by atoms with Gasteiger partial charge in [-0.15, -0.1) is 0 Å². The molecule has 8 heteroatoms. The first-order chi connectivity index (χ1) is 13.1. The number of ether oxygens (including phenoxy) is 1. The summed E-state index contributed by atoms with van der Waals surface area (Å²) < 4.78 is 12.1. The molecule has 0 radical (unpaired) electrons. The summed E-state index contributed by atoms with van der Waals surface area (Å²) in [6.07, 6.45) is 3.48. The molecule has 0 bridgehead atoms. The van der Waals surface area contributed by atoms with E-state index in [0.717, 1.165) is 35.6 Å². The molecule has 140 valence electrons. The molecule has 4 heterocycles. The van der Waals surface area contributed by atoms with E-state index in [1.54, 1.807) is 18.5 Å². The van der Waals surface area contributed by atoms with Gasteiger partial charge in [0.05, 0.1) is 31.6 Å². The Bertz CT molecular complexity index is 987. The number of nitrogens with zero attached hydrogens (tertiary/aromatic N) is 5. The molecule has 0 aliphatic carbocycles. The van der Waals surface area contributed by atoms with Crippen LogP contribution in [-0.4, -0.2) is 46.2 Å².